The predicted molar refractivity (Wildman–Crippen MR) is 150 cm³/mol. The van der Waals surface area contributed by atoms with Crippen molar-refractivity contribution in [1.82, 2.24) is 9.97 Å². The average molecular weight is 527 g/mol. The lowest BCUT2D eigenvalue weighted by atomic mass is 10.0. The number of nitrogens with zero attached hydrogens (tertiary/aromatic N) is 5. The van der Waals surface area contributed by atoms with E-state index in [1.54, 1.807) is 12.1 Å². The number of aromatic hydroxyl groups is 1. The molecule has 0 saturated carbocycles. The summed E-state index contributed by atoms with van der Waals surface area (Å²) in [6.07, 6.45) is 2.06. The van der Waals surface area contributed by atoms with E-state index in [0.717, 1.165) is 46.2 Å². The minimum absolute atomic E-state index is 0.0580. The van der Waals surface area contributed by atoms with Crippen LogP contribution in [0.15, 0.2) is 83.2 Å². The Hall–Kier alpha value is -4.37. The molecule has 200 valence electrons. The van der Waals surface area contributed by atoms with Crippen molar-refractivity contribution < 1.29 is 14.2 Å². The van der Waals surface area contributed by atoms with Crippen molar-refractivity contribution in [2.75, 3.05) is 29.9 Å². The molecular formula is C30H31FN6O2. The topological polar surface area (TPSA) is 95.2 Å². The van der Waals surface area contributed by atoms with Gasteiger partial charge in [-0.3, -0.25) is 0 Å². The highest BCUT2D eigenvalue weighted by atomic mass is 19.1. The van der Waals surface area contributed by atoms with E-state index in [1.165, 1.54) is 0 Å². The van der Waals surface area contributed by atoms with Gasteiger partial charge in [0.1, 0.15) is 5.75 Å². The number of morpholine rings is 1. The first kappa shape index (κ1) is 26.2. The highest BCUT2D eigenvalue weighted by Gasteiger charge is 2.23. The Kier molecular flexibility index (Phi) is 8.07. The van der Waals surface area contributed by atoms with Crippen LogP contribution in [0.4, 0.5) is 27.5 Å². The van der Waals surface area contributed by atoms with E-state index in [-0.39, 0.29) is 23.6 Å². The van der Waals surface area contributed by atoms with E-state index >= 15 is 0 Å². The van der Waals surface area contributed by atoms with Crippen LogP contribution in [-0.4, -0.2) is 40.9 Å². The summed E-state index contributed by atoms with van der Waals surface area (Å²) in [6.45, 7) is 6.12. The fourth-order valence-corrected chi connectivity index (χ4v) is 4.50. The number of azo groups is 1. The predicted octanol–water partition coefficient (Wildman–Crippen LogP) is 6.94. The lowest BCUT2D eigenvalue weighted by Crippen LogP contribution is -2.43. The Morgan fingerprint density at radius 1 is 1.08 bits per heavy atom. The van der Waals surface area contributed by atoms with E-state index in [4.69, 9.17) is 4.74 Å². The standard InChI is InChI=1S/C30H31FN6O2/c1-3-27-19-37(13-14-39-27)29-28(31)18-32-30(35-29)36-33-17-23-9-12-25(15-20(23)2)34-24-10-7-21(8-11-24)22-5-4-6-26(38)16-22/h4-12,15-16,18,27,34,38H,3,13-14,17,19H2,1-2H3. The van der Waals surface area contributed by atoms with E-state index < -0.39 is 5.82 Å². The van der Waals surface area contributed by atoms with Crippen molar-refractivity contribution in [2.24, 2.45) is 10.2 Å². The second-order valence-corrected chi connectivity index (χ2v) is 9.48. The number of phenolic OH excluding ortho intramolecular Hbond substituents is 1. The molecule has 1 unspecified atom stereocenters. The van der Waals surface area contributed by atoms with Gasteiger partial charge in [0.05, 0.1) is 25.5 Å². The number of aromatic nitrogens is 2. The van der Waals surface area contributed by atoms with Crippen molar-refractivity contribution in [3.63, 3.8) is 0 Å². The molecule has 2 heterocycles. The third-order valence-electron chi connectivity index (χ3n) is 6.70. The number of phenols is 1. The molecule has 1 atom stereocenters. The van der Waals surface area contributed by atoms with Crippen LogP contribution in [0.1, 0.15) is 24.5 Å². The van der Waals surface area contributed by atoms with Gasteiger partial charge in [0, 0.05) is 24.5 Å². The van der Waals surface area contributed by atoms with Gasteiger partial charge in [-0.1, -0.05) is 37.3 Å². The number of hydrogen-bond acceptors (Lipinski definition) is 8. The summed E-state index contributed by atoms with van der Waals surface area (Å²) in [4.78, 5) is 10.2. The summed E-state index contributed by atoms with van der Waals surface area (Å²) in [7, 11) is 0. The molecule has 0 spiro atoms. The van der Waals surface area contributed by atoms with Crippen LogP contribution >= 0.6 is 0 Å². The van der Waals surface area contributed by atoms with Gasteiger partial charge in [-0.15, -0.1) is 5.11 Å². The first-order chi connectivity index (χ1) is 19.0. The summed E-state index contributed by atoms with van der Waals surface area (Å²) in [5.41, 5.74) is 5.99. The lowest BCUT2D eigenvalue weighted by Gasteiger charge is -2.33. The summed E-state index contributed by atoms with van der Waals surface area (Å²) in [6, 6.07) is 21.3. The monoisotopic (exact) mass is 526 g/mol. The minimum atomic E-state index is -0.473. The highest BCUT2D eigenvalue weighted by molar-refractivity contribution is 5.69. The Bertz CT molecular complexity index is 1460. The van der Waals surface area contributed by atoms with E-state index in [1.807, 2.05) is 67.3 Å². The Morgan fingerprint density at radius 3 is 2.67 bits per heavy atom. The molecule has 9 heteroatoms. The van der Waals surface area contributed by atoms with E-state index in [9.17, 15) is 9.50 Å². The maximum Gasteiger partial charge on any atom is 0.270 e. The number of anilines is 3. The number of halogens is 1. The lowest BCUT2D eigenvalue weighted by molar-refractivity contribution is 0.0379. The van der Waals surface area contributed by atoms with Gasteiger partial charge >= 0.3 is 0 Å². The van der Waals surface area contributed by atoms with Gasteiger partial charge < -0.3 is 20.1 Å². The zero-order valence-corrected chi connectivity index (χ0v) is 22.0. The van der Waals surface area contributed by atoms with E-state index in [2.05, 4.69) is 31.6 Å². The molecule has 0 amide bonds. The van der Waals surface area contributed by atoms with Gasteiger partial charge in [-0.2, -0.15) is 10.1 Å². The zero-order valence-electron chi connectivity index (χ0n) is 22.0. The van der Waals surface area contributed by atoms with Gasteiger partial charge in [0.25, 0.3) is 5.95 Å². The number of hydrogen-bond donors (Lipinski definition) is 2. The molecule has 5 rings (SSSR count). The molecule has 0 aliphatic carbocycles. The fraction of sp³-hybridized carbons (Fsp3) is 0.267. The van der Waals surface area contributed by atoms with Crippen LogP contribution < -0.4 is 10.2 Å². The molecule has 1 aromatic heterocycles. The minimum Gasteiger partial charge on any atom is -0.508 e. The van der Waals surface area contributed by atoms with Crippen LogP contribution in [0.5, 0.6) is 5.75 Å². The summed E-state index contributed by atoms with van der Waals surface area (Å²) < 4.78 is 20.1. The van der Waals surface area contributed by atoms with Crippen molar-refractivity contribution in [1.29, 1.82) is 0 Å². The molecule has 1 aliphatic rings. The molecule has 39 heavy (non-hydrogen) atoms. The van der Waals surface area contributed by atoms with Crippen LogP contribution in [0.2, 0.25) is 0 Å². The van der Waals surface area contributed by atoms with Crippen LogP contribution in [0.25, 0.3) is 11.1 Å². The molecule has 0 radical (unpaired) electrons. The summed E-state index contributed by atoms with van der Waals surface area (Å²) in [5.74, 6) is 0.148. The van der Waals surface area contributed by atoms with Crippen molar-refractivity contribution in [3.8, 4) is 16.9 Å². The number of aryl methyl sites for hydroxylation is 1. The number of benzene rings is 3. The molecule has 1 aliphatic heterocycles. The molecular weight excluding hydrogens is 495 g/mol. The molecule has 2 N–H and O–H groups in total. The van der Waals surface area contributed by atoms with Gasteiger partial charge in [0.2, 0.25) is 0 Å². The molecule has 1 fully saturated rings. The molecule has 4 aromatic rings. The Labute approximate surface area is 227 Å². The van der Waals surface area contributed by atoms with Crippen molar-refractivity contribution >= 4 is 23.1 Å². The maximum absolute atomic E-state index is 14.4. The quantitative estimate of drug-likeness (QED) is 0.242. The Balaban J connectivity index is 1.21. The van der Waals surface area contributed by atoms with Gasteiger partial charge in [-0.25, -0.2) is 9.37 Å². The Morgan fingerprint density at radius 2 is 1.90 bits per heavy atom. The van der Waals surface area contributed by atoms with Crippen molar-refractivity contribution in [3.05, 3.63) is 89.9 Å². The molecule has 3 aromatic carbocycles. The molecule has 8 nitrogen and oxygen atoms in total. The van der Waals surface area contributed by atoms with E-state index in [0.29, 0.717) is 26.2 Å². The third-order valence-corrected chi connectivity index (χ3v) is 6.70. The average Bonchev–Trinajstić information content (AvgIpc) is 2.95. The highest BCUT2D eigenvalue weighted by Crippen LogP contribution is 2.27. The van der Waals surface area contributed by atoms with Crippen LogP contribution in [0.3, 0.4) is 0 Å². The van der Waals surface area contributed by atoms with Crippen molar-refractivity contribution in [2.45, 2.75) is 32.9 Å². The summed E-state index contributed by atoms with van der Waals surface area (Å²) in [5, 5.41) is 21.6. The number of rotatable bonds is 8. The first-order valence-corrected chi connectivity index (χ1v) is 13.0. The van der Waals surface area contributed by atoms with Gasteiger partial charge in [-0.05, 0) is 72.0 Å². The normalized spacial score (nSPS) is 15.6. The maximum atomic E-state index is 14.4. The van der Waals surface area contributed by atoms with Crippen LogP contribution in [-0.2, 0) is 11.3 Å². The smallest absolute Gasteiger partial charge is 0.270 e. The third kappa shape index (κ3) is 6.56. The summed E-state index contributed by atoms with van der Waals surface area (Å²) >= 11 is 0. The molecule has 0 bridgehead atoms. The number of nitrogens with one attached hydrogen (secondary N) is 1. The zero-order chi connectivity index (χ0) is 27.2. The SMILES string of the molecule is CCC1CN(c2nc(N=NCc3ccc(Nc4ccc(-c5cccc(O)c5)cc4)cc3C)ncc2F)CCO1. The van der Waals surface area contributed by atoms with Crippen LogP contribution in [0, 0.1) is 12.7 Å². The second kappa shape index (κ2) is 12.0. The fourth-order valence-electron chi connectivity index (χ4n) is 4.50. The first-order valence-electron chi connectivity index (χ1n) is 13.0. The molecule has 1 saturated heterocycles. The second-order valence-electron chi connectivity index (χ2n) is 9.48. The largest absolute Gasteiger partial charge is 0.508 e. The van der Waals surface area contributed by atoms with Gasteiger partial charge in [0.15, 0.2) is 11.6 Å². The number of ether oxygens (including phenoxy) is 1.